The predicted molar refractivity (Wildman–Crippen MR) is 75.0 cm³/mol. The van der Waals surface area contributed by atoms with Crippen LogP contribution < -0.4 is 0 Å². The van der Waals surface area contributed by atoms with Crippen molar-refractivity contribution in [2.24, 2.45) is 5.92 Å². The van der Waals surface area contributed by atoms with E-state index in [9.17, 15) is 5.11 Å². The minimum atomic E-state index is 0.138. The maximum absolute atomic E-state index is 9.27. The molecule has 1 aromatic rings. The van der Waals surface area contributed by atoms with Crippen molar-refractivity contribution >= 4 is 6.08 Å². The second-order valence-electron chi connectivity index (χ2n) is 5.90. The summed E-state index contributed by atoms with van der Waals surface area (Å²) < 4.78 is 0. The van der Waals surface area contributed by atoms with Crippen LogP contribution in [-0.4, -0.2) is 11.7 Å². The first-order valence-electron chi connectivity index (χ1n) is 6.26. The van der Waals surface area contributed by atoms with Crippen molar-refractivity contribution in [3.63, 3.8) is 0 Å². The monoisotopic (exact) mass is 232 g/mol. The third-order valence-electron chi connectivity index (χ3n) is 3.05. The molecule has 1 nitrogen and oxygen atoms in total. The van der Waals surface area contributed by atoms with Crippen LogP contribution in [0.3, 0.4) is 0 Å². The van der Waals surface area contributed by atoms with E-state index in [2.05, 4.69) is 65.0 Å². The van der Waals surface area contributed by atoms with Gasteiger partial charge in [-0.15, -0.1) is 0 Å². The summed E-state index contributed by atoms with van der Waals surface area (Å²) in [4.78, 5) is 0. The van der Waals surface area contributed by atoms with Gasteiger partial charge in [0.1, 0.15) is 0 Å². The summed E-state index contributed by atoms with van der Waals surface area (Å²) in [7, 11) is 0. The Morgan fingerprint density at radius 3 is 2.06 bits per heavy atom. The van der Waals surface area contributed by atoms with E-state index in [4.69, 9.17) is 0 Å². The first-order valence-corrected chi connectivity index (χ1v) is 6.26. The molecular formula is C16H24O. The van der Waals surface area contributed by atoms with Crippen molar-refractivity contribution in [3.05, 3.63) is 41.0 Å². The summed E-state index contributed by atoms with van der Waals surface area (Å²) in [6.07, 6.45) is 2.08. The molecule has 0 aliphatic carbocycles. The van der Waals surface area contributed by atoms with Gasteiger partial charge in [0, 0.05) is 0 Å². The summed E-state index contributed by atoms with van der Waals surface area (Å²) in [5, 5.41) is 9.27. The zero-order chi connectivity index (χ0) is 13.1. The third kappa shape index (κ3) is 4.01. The molecule has 0 saturated heterocycles. The van der Waals surface area contributed by atoms with E-state index in [-0.39, 0.29) is 12.0 Å². The van der Waals surface area contributed by atoms with Gasteiger partial charge < -0.3 is 5.11 Å². The molecule has 0 saturated carbocycles. The van der Waals surface area contributed by atoms with Gasteiger partial charge in [-0.05, 0) is 28.0 Å². The van der Waals surface area contributed by atoms with Gasteiger partial charge in [0.15, 0.2) is 0 Å². The number of hydrogen-bond donors (Lipinski definition) is 1. The Morgan fingerprint density at radius 2 is 1.71 bits per heavy atom. The van der Waals surface area contributed by atoms with Crippen molar-refractivity contribution in [2.45, 2.75) is 40.0 Å². The fraction of sp³-hybridized carbons (Fsp3) is 0.500. The van der Waals surface area contributed by atoms with Crippen LogP contribution >= 0.6 is 0 Å². The second kappa shape index (κ2) is 5.50. The van der Waals surface area contributed by atoms with Crippen molar-refractivity contribution < 1.29 is 5.11 Å². The van der Waals surface area contributed by atoms with Crippen LogP contribution in [0.1, 0.15) is 45.7 Å². The smallest absolute Gasteiger partial charge is 0.0647 e. The molecule has 0 atom stereocenters. The van der Waals surface area contributed by atoms with Gasteiger partial charge in [0.2, 0.25) is 0 Å². The van der Waals surface area contributed by atoms with Crippen LogP contribution in [0.5, 0.6) is 0 Å². The summed E-state index contributed by atoms with van der Waals surface area (Å²) in [5.41, 5.74) is 3.77. The highest BCUT2D eigenvalue weighted by Gasteiger charge is 2.12. The Balaban J connectivity index is 2.96. The zero-order valence-electron chi connectivity index (χ0n) is 11.6. The lowest BCUT2D eigenvalue weighted by atomic mass is 9.86. The topological polar surface area (TPSA) is 20.2 Å². The van der Waals surface area contributed by atoms with Crippen LogP contribution in [0.4, 0.5) is 0 Å². The first-order chi connectivity index (χ1) is 7.84. The maximum Gasteiger partial charge on any atom is 0.0647 e. The largest absolute Gasteiger partial charge is 0.392 e. The molecule has 0 aromatic heterocycles. The molecule has 1 aromatic carbocycles. The first kappa shape index (κ1) is 14.0. The molecule has 0 unspecified atom stereocenters. The van der Waals surface area contributed by atoms with E-state index in [1.54, 1.807) is 0 Å². The molecule has 1 N–H and O–H groups in total. The molecule has 0 radical (unpaired) electrons. The Bertz CT molecular complexity index is 377. The molecular weight excluding hydrogens is 208 g/mol. The zero-order valence-corrected chi connectivity index (χ0v) is 11.6. The van der Waals surface area contributed by atoms with Gasteiger partial charge in [0.05, 0.1) is 6.61 Å². The molecule has 0 fully saturated rings. The third-order valence-corrected chi connectivity index (χ3v) is 3.05. The van der Waals surface area contributed by atoms with Crippen LogP contribution in [-0.2, 0) is 5.41 Å². The summed E-state index contributed by atoms with van der Waals surface area (Å²) in [6.45, 7) is 11.0. The fourth-order valence-electron chi connectivity index (χ4n) is 1.69. The molecule has 0 amide bonds. The van der Waals surface area contributed by atoms with Gasteiger partial charge in [-0.2, -0.15) is 0 Å². The molecule has 94 valence electrons. The maximum atomic E-state index is 9.27. The van der Waals surface area contributed by atoms with Crippen LogP contribution in [0.15, 0.2) is 29.8 Å². The van der Waals surface area contributed by atoms with Gasteiger partial charge in [-0.3, -0.25) is 0 Å². The number of aliphatic hydroxyl groups excluding tert-OH is 1. The number of hydrogen-bond acceptors (Lipinski definition) is 1. The van der Waals surface area contributed by atoms with Gasteiger partial charge in [-0.25, -0.2) is 0 Å². The minimum absolute atomic E-state index is 0.138. The summed E-state index contributed by atoms with van der Waals surface area (Å²) in [6, 6.07) is 8.58. The van der Waals surface area contributed by atoms with Crippen molar-refractivity contribution in [3.8, 4) is 0 Å². The SMILES string of the molecule is CC(C)C(=Cc1ccc(C(C)(C)C)cc1)CO. The average molecular weight is 232 g/mol. The van der Waals surface area contributed by atoms with E-state index in [0.717, 1.165) is 11.1 Å². The fourth-order valence-corrected chi connectivity index (χ4v) is 1.69. The van der Waals surface area contributed by atoms with E-state index in [0.29, 0.717) is 5.92 Å². The molecule has 17 heavy (non-hydrogen) atoms. The summed E-state index contributed by atoms with van der Waals surface area (Å²) >= 11 is 0. The van der Waals surface area contributed by atoms with Gasteiger partial charge in [0.25, 0.3) is 0 Å². The Morgan fingerprint density at radius 1 is 1.18 bits per heavy atom. The van der Waals surface area contributed by atoms with Gasteiger partial charge in [-0.1, -0.05) is 65.0 Å². The van der Waals surface area contributed by atoms with Gasteiger partial charge >= 0.3 is 0 Å². The minimum Gasteiger partial charge on any atom is -0.392 e. The lowest BCUT2D eigenvalue weighted by Gasteiger charge is -2.19. The van der Waals surface area contributed by atoms with Crippen molar-refractivity contribution in [1.82, 2.24) is 0 Å². The molecule has 0 heterocycles. The molecule has 0 aliphatic rings. The number of aliphatic hydroxyl groups is 1. The van der Waals surface area contributed by atoms with Crippen LogP contribution in [0, 0.1) is 5.92 Å². The lowest BCUT2D eigenvalue weighted by Crippen LogP contribution is -2.10. The Kier molecular flexibility index (Phi) is 4.53. The highest BCUT2D eigenvalue weighted by molar-refractivity contribution is 5.54. The number of benzene rings is 1. The van der Waals surface area contributed by atoms with E-state index in [1.807, 2.05) is 0 Å². The highest BCUT2D eigenvalue weighted by Crippen LogP contribution is 2.23. The molecule has 1 rings (SSSR count). The highest BCUT2D eigenvalue weighted by atomic mass is 16.3. The Labute approximate surface area is 105 Å². The molecule has 0 bridgehead atoms. The molecule has 0 spiro atoms. The standard InChI is InChI=1S/C16H24O/c1-12(2)14(11-17)10-13-6-8-15(9-7-13)16(3,4)5/h6-10,12,17H,11H2,1-5H3. The van der Waals surface area contributed by atoms with E-state index < -0.39 is 0 Å². The van der Waals surface area contributed by atoms with Crippen LogP contribution in [0.25, 0.3) is 6.08 Å². The second-order valence-corrected chi connectivity index (χ2v) is 5.90. The quantitative estimate of drug-likeness (QED) is 0.834. The molecule has 1 heteroatoms. The average Bonchev–Trinajstić information content (AvgIpc) is 2.25. The normalized spacial score (nSPS) is 13.2. The molecule has 0 aliphatic heterocycles. The van der Waals surface area contributed by atoms with Crippen LogP contribution in [0.2, 0.25) is 0 Å². The predicted octanol–water partition coefficient (Wildman–Crippen LogP) is 4.02. The number of rotatable bonds is 3. The van der Waals surface area contributed by atoms with Crippen molar-refractivity contribution in [2.75, 3.05) is 6.61 Å². The Hall–Kier alpha value is -1.08. The van der Waals surface area contributed by atoms with E-state index in [1.165, 1.54) is 5.56 Å². The van der Waals surface area contributed by atoms with Crippen molar-refractivity contribution in [1.29, 1.82) is 0 Å². The summed E-state index contributed by atoms with van der Waals surface area (Å²) in [5.74, 6) is 0.391. The lowest BCUT2D eigenvalue weighted by molar-refractivity contribution is 0.320. The van der Waals surface area contributed by atoms with E-state index >= 15 is 0 Å².